The zero-order valence-electron chi connectivity index (χ0n) is 15.5. The zero-order chi connectivity index (χ0) is 20.8. The molecule has 0 atom stereocenters. The van der Waals surface area contributed by atoms with Gasteiger partial charge in [-0.25, -0.2) is 0 Å². The Balaban J connectivity index is 1.90. The molecular weight excluding hydrogens is 473 g/mol. The van der Waals surface area contributed by atoms with Crippen LogP contribution in [0.25, 0.3) is 11.6 Å². The second-order valence-electron chi connectivity index (χ2n) is 6.09. The number of halogens is 3. The summed E-state index contributed by atoms with van der Waals surface area (Å²) in [5.74, 6) is 1.11. The lowest BCUT2D eigenvalue weighted by atomic mass is 10.0. The summed E-state index contributed by atoms with van der Waals surface area (Å²) in [5.41, 5.74) is 2.97. The van der Waals surface area contributed by atoms with Crippen molar-refractivity contribution in [3.05, 3.63) is 91.9 Å². The first-order chi connectivity index (χ1) is 14.0. The van der Waals surface area contributed by atoms with Crippen molar-refractivity contribution >= 4 is 50.8 Å². The summed E-state index contributed by atoms with van der Waals surface area (Å²) in [6.45, 7) is 0.304. The van der Waals surface area contributed by atoms with Crippen LogP contribution in [-0.2, 0) is 6.61 Å². The molecule has 0 aliphatic rings. The van der Waals surface area contributed by atoms with Gasteiger partial charge in [-0.3, -0.25) is 0 Å². The van der Waals surface area contributed by atoms with E-state index in [4.69, 9.17) is 32.7 Å². The molecule has 0 saturated carbocycles. The maximum absolute atomic E-state index is 9.57. The van der Waals surface area contributed by atoms with E-state index in [1.54, 1.807) is 25.3 Å². The van der Waals surface area contributed by atoms with Crippen LogP contribution in [-0.4, -0.2) is 7.11 Å². The van der Waals surface area contributed by atoms with E-state index in [-0.39, 0.29) is 0 Å². The predicted molar refractivity (Wildman–Crippen MR) is 121 cm³/mol. The second kappa shape index (κ2) is 9.84. The smallest absolute Gasteiger partial charge is 0.175 e. The molecule has 29 heavy (non-hydrogen) atoms. The molecular formula is C23H16BrCl2NO2. The topological polar surface area (TPSA) is 42.2 Å². The Kier molecular flexibility index (Phi) is 7.22. The fourth-order valence-electron chi connectivity index (χ4n) is 2.70. The molecule has 0 N–H and O–H groups in total. The molecule has 146 valence electrons. The van der Waals surface area contributed by atoms with Crippen molar-refractivity contribution in [2.45, 2.75) is 6.61 Å². The van der Waals surface area contributed by atoms with Gasteiger partial charge in [-0.05, 0) is 63.5 Å². The Morgan fingerprint density at radius 2 is 1.83 bits per heavy atom. The third-order valence-corrected chi connectivity index (χ3v) is 5.38. The van der Waals surface area contributed by atoms with Gasteiger partial charge in [-0.15, -0.1) is 0 Å². The first-order valence-electron chi connectivity index (χ1n) is 8.63. The monoisotopic (exact) mass is 487 g/mol. The highest BCUT2D eigenvalue weighted by molar-refractivity contribution is 9.10. The lowest BCUT2D eigenvalue weighted by Crippen LogP contribution is -1.99. The summed E-state index contributed by atoms with van der Waals surface area (Å²) < 4.78 is 12.2. The van der Waals surface area contributed by atoms with E-state index in [0.29, 0.717) is 38.2 Å². The Morgan fingerprint density at radius 3 is 2.48 bits per heavy atom. The minimum absolute atomic E-state index is 0.304. The van der Waals surface area contributed by atoms with Crippen LogP contribution in [0.3, 0.4) is 0 Å². The van der Waals surface area contributed by atoms with Gasteiger partial charge in [0.05, 0.1) is 23.2 Å². The van der Waals surface area contributed by atoms with Crippen molar-refractivity contribution in [2.75, 3.05) is 7.11 Å². The van der Waals surface area contributed by atoms with Crippen LogP contribution in [0.5, 0.6) is 11.5 Å². The van der Waals surface area contributed by atoms with Gasteiger partial charge in [0.25, 0.3) is 0 Å². The van der Waals surface area contributed by atoms with Crippen molar-refractivity contribution in [3.8, 4) is 17.6 Å². The maximum Gasteiger partial charge on any atom is 0.175 e. The van der Waals surface area contributed by atoms with E-state index in [2.05, 4.69) is 22.0 Å². The highest BCUT2D eigenvalue weighted by atomic mass is 79.9. The summed E-state index contributed by atoms with van der Waals surface area (Å²) in [7, 11) is 1.57. The Hall–Kier alpha value is -2.45. The molecule has 0 fully saturated rings. The van der Waals surface area contributed by atoms with E-state index in [1.165, 1.54) is 0 Å². The van der Waals surface area contributed by atoms with Gasteiger partial charge in [0.15, 0.2) is 11.5 Å². The molecule has 0 bridgehead atoms. The van der Waals surface area contributed by atoms with Crippen molar-refractivity contribution in [3.63, 3.8) is 0 Å². The van der Waals surface area contributed by atoms with Crippen LogP contribution in [0.4, 0.5) is 0 Å². The van der Waals surface area contributed by atoms with Gasteiger partial charge in [0, 0.05) is 15.6 Å². The van der Waals surface area contributed by atoms with Gasteiger partial charge in [0.1, 0.15) is 6.61 Å². The normalized spacial score (nSPS) is 11.1. The minimum atomic E-state index is 0.304. The van der Waals surface area contributed by atoms with Gasteiger partial charge in [-0.1, -0.05) is 53.5 Å². The highest BCUT2D eigenvalue weighted by Gasteiger charge is 2.13. The number of nitriles is 1. The van der Waals surface area contributed by atoms with Gasteiger partial charge in [-0.2, -0.15) is 5.26 Å². The Bertz CT molecular complexity index is 1090. The lowest BCUT2D eigenvalue weighted by molar-refractivity contribution is 0.282. The molecule has 0 aliphatic carbocycles. The van der Waals surface area contributed by atoms with Crippen molar-refractivity contribution in [1.82, 2.24) is 0 Å². The fraction of sp³-hybridized carbons (Fsp3) is 0.0870. The first-order valence-corrected chi connectivity index (χ1v) is 10.2. The molecule has 0 aliphatic heterocycles. The summed E-state index contributed by atoms with van der Waals surface area (Å²) in [6, 6.07) is 20.6. The van der Waals surface area contributed by atoms with Gasteiger partial charge in [0.2, 0.25) is 0 Å². The highest BCUT2D eigenvalue weighted by Crippen LogP contribution is 2.38. The molecule has 3 aromatic rings. The van der Waals surface area contributed by atoms with Crippen LogP contribution in [0.15, 0.2) is 65.1 Å². The van der Waals surface area contributed by atoms with Gasteiger partial charge >= 0.3 is 0 Å². The van der Waals surface area contributed by atoms with E-state index in [0.717, 1.165) is 16.7 Å². The van der Waals surface area contributed by atoms with Crippen LogP contribution in [0.1, 0.15) is 16.7 Å². The maximum atomic E-state index is 9.57. The summed E-state index contributed by atoms with van der Waals surface area (Å²) in [5, 5.41) is 10.8. The molecule has 0 radical (unpaired) electrons. The van der Waals surface area contributed by atoms with Crippen LogP contribution in [0.2, 0.25) is 10.0 Å². The minimum Gasteiger partial charge on any atom is -0.493 e. The predicted octanol–water partition coefficient (Wildman–Crippen LogP) is 7.41. The van der Waals surface area contributed by atoms with Gasteiger partial charge < -0.3 is 9.47 Å². The summed E-state index contributed by atoms with van der Waals surface area (Å²) >= 11 is 15.7. The molecule has 6 heteroatoms. The summed E-state index contributed by atoms with van der Waals surface area (Å²) in [4.78, 5) is 0. The average Bonchev–Trinajstić information content (AvgIpc) is 2.72. The second-order valence-corrected chi connectivity index (χ2v) is 7.79. The Labute approximate surface area is 188 Å². The molecule has 0 saturated heterocycles. The molecule has 0 amide bonds. The van der Waals surface area contributed by atoms with E-state index in [9.17, 15) is 5.26 Å². The summed E-state index contributed by atoms with van der Waals surface area (Å²) in [6.07, 6.45) is 1.79. The lowest BCUT2D eigenvalue weighted by Gasteiger charge is -2.14. The average molecular weight is 489 g/mol. The molecule has 0 aromatic heterocycles. The van der Waals surface area contributed by atoms with E-state index < -0.39 is 0 Å². The number of hydrogen-bond acceptors (Lipinski definition) is 3. The Morgan fingerprint density at radius 1 is 1.10 bits per heavy atom. The number of ether oxygens (including phenoxy) is 2. The van der Waals surface area contributed by atoms with Crippen LogP contribution in [0, 0.1) is 11.3 Å². The fourth-order valence-corrected chi connectivity index (χ4v) is 3.60. The zero-order valence-corrected chi connectivity index (χ0v) is 18.6. The number of methoxy groups -OCH3 is 1. The number of benzene rings is 3. The first kappa shape index (κ1) is 21.3. The number of hydrogen-bond donors (Lipinski definition) is 0. The van der Waals surface area contributed by atoms with E-state index in [1.807, 2.05) is 48.5 Å². The number of nitrogens with zero attached hydrogens (tertiary/aromatic N) is 1. The SMILES string of the molecule is COc1cc(C=C(C#N)c2ccc(Cl)cc2)cc(Br)c1OCc1ccccc1Cl. The molecule has 0 unspecified atom stereocenters. The van der Waals surface area contributed by atoms with Crippen molar-refractivity contribution in [1.29, 1.82) is 5.26 Å². The van der Waals surface area contributed by atoms with Crippen LogP contribution < -0.4 is 9.47 Å². The molecule has 0 spiro atoms. The molecule has 3 rings (SSSR count). The largest absolute Gasteiger partial charge is 0.493 e. The van der Waals surface area contributed by atoms with Crippen molar-refractivity contribution in [2.24, 2.45) is 0 Å². The number of allylic oxidation sites excluding steroid dienone is 1. The molecule has 3 nitrogen and oxygen atoms in total. The standard InChI is InChI=1S/C23H16BrCl2NO2/c1-28-22-12-15(10-18(13-27)16-6-8-19(25)9-7-16)11-20(24)23(22)29-14-17-4-2-3-5-21(17)26/h2-12H,14H2,1H3. The third kappa shape index (κ3) is 5.33. The molecule has 3 aromatic carbocycles. The number of rotatable bonds is 6. The molecule has 0 heterocycles. The van der Waals surface area contributed by atoms with Crippen molar-refractivity contribution < 1.29 is 9.47 Å². The van der Waals surface area contributed by atoms with E-state index >= 15 is 0 Å². The van der Waals surface area contributed by atoms with Crippen LogP contribution >= 0.6 is 39.1 Å². The quantitative estimate of drug-likeness (QED) is 0.268. The third-order valence-electron chi connectivity index (χ3n) is 4.17.